The Kier molecular flexibility index (Phi) is 5.09. The van der Waals surface area contributed by atoms with E-state index in [4.69, 9.17) is 0 Å². The fourth-order valence-corrected chi connectivity index (χ4v) is 4.24. The molecule has 1 fully saturated rings. The fourth-order valence-electron chi connectivity index (χ4n) is 3.58. The summed E-state index contributed by atoms with van der Waals surface area (Å²) in [6.07, 6.45) is 1.71. The van der Waals surface area contributed by atoms with E-state index in [0.29, 0.717) is 5.56 Å². The van der Waals surface area contributed by atoms with Gasteiger partial charge in [-0.05, 0) is 47.9 Å². The summed E-state index contributed by atoms with van der Waals surface area (Å²) in [5.74, 6) is 0.0857. The first-order chi connectivity index (χ1) is 13.1. The van der Waals surface area contributed by atoms with Gasteiger partial charge in [-0.1, -0.05) is 18.2 Å². The van der Waals surface area contributed by atoms with Crippen LogP contribution in [0.15, 0.2) is 47.3 Å². The Labute approximate surface area is 163 Å². The molecule has 27 heavy (non-hydrogen) atoms. The van der Waals surface area contributed by atoms with Crippen LogP contribution in [-0.4, -0.2) is 51.7 Å². The number of carbonyl (C=O) groups excluding carboxylic acids is 1. The van der Waals surface area contributed by atoms with Crippen LogP contribution in [0, 0.1) is 13.8 Å². The van der Waals surface area contributed by atoms with Gasteiger partial charge in [0.25, 0.3) is 5.91 Å². The van der Waals surface area contributed by atoms with Crippen molar-refractivity contribution < 1.29 is 4.79 Å². The lowest BCUT2D eigenvalue weighted by molar-refractivity contribution is 0.0628. The molecule has 0 bridgehead atoms. The predicted octanol–water partition coefficient (Wildman–Crippen LogP) is 3.51. The van der Waals surface area contributed by atoms with E-state index < -0.39 is 0 Å². The molecule has 140 valence electrons. The summed E-state index contributed by atoms with van der Waals surface area (Å²) in [7, 11) is 0. The minimum atomic E-state index is 0.0857. The van der Waals surface area contributed by atoms with Gasteiger partial charge in [-0.3, -0.25) is 9.69 Å². The Hall–Kier alpha value is -2.44. The molecule has 3 heterocycles. The van der Waals surface area contributed by atoms with E-state index in [2.05, 4.69) is 39.8 Å². The maximum absolute atomic E-state index is 13.0. The molecule has 0 spiro atoms. The molecule has 0 aliphatic carbocycles. The second-order valence-electron chi connectivity index (χ2n) is 7.04. The van der Waals surface area contributed by atoms with Crippen LogP contribution in [0.2, 0.25) is 0 Å². The van der Waals surface area contributed by atoms with Gasteiger partial charge >= 0.3 is 0 Å². The average molecular weight is 381 g/mol. The van der Waals surface area contributed by atoms with Gasteiger partial charge in [0.05, 0.1) is 23.1 Å². The zero-order valence-corrected chi connectivity index (χ0v) is 16.6. The van der Waals surface area contributed by atoms with E-state index in [1.807, 2.05) is 34.7 Å². The van der Waals surface area contributed by atoms with Crippen molar-refractivity contribution in [3.05, 3.63) is 69.7 Å². The van der Waals surface area contributed by atoms with Crippen molar-refractivity contribution in [2.75, 3.05) is 26.2 Å². The van der Waals surface area contributed by atoms with Gasteiger partial charge in [-0.25, -0.2) is 4.68 Å². The van der Waals surface area contributed by atoms with Crippen LogP contribution in [0.3, 0.4) is 0 Å². The highest BCUT2D eigenvalue weighted by Crippen LogP contribution is 2.20. The van der Waals surface area contributed by atoms with Gasteiger partial charge in [0.1, 0.15) is 0 Å². The first kappa shape index (κ1) is 17.9. The molecule has 0 unspecified atom stereocenters. The number of aromatic nitrogens is 2. The molecular formula is C21H24N4OS. The topological polar surface area (TPSA) is 41.4 Å². The minimum Gasteiger partial charge on any atom is -0.336 e. The normalized spacial score (nSPS) is 15.3. The molecule has 1 aliphatic rings. The summed E-state index contributed by atoms with van der Waals surface area (Å²) >= 11 is 1.73. The molecule has 3 aromatic rings. The number of aryl methyl sites for hydroxylation is 1. The molecule has 0 N–H and O–H groups in total. The summed E-state index contributed by atoms with van der Waals surface area (Å²) in [6.45, 7) is 8.34. The van der Waals surface area contributed by atoms with E-state index >= 15 is 0 Å². The summed E-state index contributed by atoms with van der Waals surface area (Å²) < 4.78 is 1.87. The van der Waals surface area contributed by atoms with Crippen molar-refractivity contribution in [3.8, 4) is 5.69 Å². The van der Waals surface area contributed by atoms with Crippen LogP contribution in [0.4, 0.5) is 0 Å². The summed E-state index contributed by atoms with van der Waals surface area (Å²) in [4.78, 5) is 17.4. The minimum absolute atomic E-state index is 0.0857. The van der Waals surface area contributed by atoms with Crippen LogP contribution in [0.5, 0.6) is 0 Å². The highest BCUT2D eigenvalue weighted by molar-refractivity contribution is 7.07. The summed E-state index contributed by atoms with van der Waals surface area (Å²) in [6, 6.07) is 10.3. The number of amides is 1. The zero-order chi connectivity index (χ0) is 18.8. The molecular weight excluding hydrogens is 356 g/mol. The number of hydrogen-bond donors (Lipinski definition) is 0. The molecule has 1 amide bonds. The number of thiophene rings is 1. The smallest absolute Gasteiger partial charge is 0.257 e. The molecule has 0 radical (unpaired) electrons. The lowest BCUT2D eigenvalue weighted by Gasteiger charge is -2.34. The molecule has 1 aliphatic heterocycles. The van der Waals surface area contributed by atoms with E-state index in [1.54, 1.807) is 17.5 Å². The first-order valence-electron chi connectivity index (χ1n) is 9.27. The van der Waals surface area contributed by atoms with E-state index in [0.717, 1.165) is 49.7 Å². The van der Waals surface area contributed by atoms with E-state index in [1.165, 1.54) is 5.56 Å². The van der Waals surface area contributed by atoms with Crippen molar-refractivity contribution in [3.63, 3.8) is 0 Å². The highest BCUT2D eigenvalue weighted by atomic mass is 32.1. The monoisotopic (exact) mass is 380 g/mol. The maximum atomic E-state index is 13.0. The van der Waals surface area contributed by atoms with Gasteiger partial charge in [0.15, 0.2) is 0 Å². The molecule has 0 atom stereocenters. The molecule has 1 saturated heterocycles. The average Bonchev–Trinajstić information content (AvgIpc) is 3.32. The van der Waals surface area contributed by atoms with Gasteiger partial charge in [0, 0.05) is 32.7 Å². The summed E-state index contributed by atoms with van der Waals surface area (Å²) in [5, 5.41) is 8.80. The number of piperazine rings is 1. The van der Waals surface area contributed by atoms with Crippen molar-refractivity contribution in [2.45, 2.75) is 20.4 Å². The third-order valence-corrected chi connectivity index (χ3v) is 5.96. The number of carbonyl (C=O) groups is 1. The predicted molar refractivity (Wildman–Crippen MR) is 109 cm³/mol. The first-order valence-corrected chi connectivity index (χ1v) is 10.2. The largest absolute Gasteiger partial charge is 0.336 e. The van der Waals surface area contributed by atoms with Crippen molar-refractivity contribution in [1.29, 1.82) is 0 Å². The number of benzene rings is 1. The van der Waals surface area contributed by atoms with Crippen LogP contribution >= 0.6 is 11.3 Å². The fraction of sp³-hybridized carbons (Fsp3) is 0.333. The van der Waals surface area contributed by atoms with Crippen molar-refractivity contribution in [2.24, 2.45) is 0 Å². The Morgan fingerprint density at radius 3 is 2.59 bits per heavy atom. The maximum Gasteiger partial charge on any atom is 0.257 e. The third kappa shape index (κ3) is 3.68. The third-order valence-electron chi connectivity index (χ3n) is 5.23. The van der Waals surface area contributed by atoms with Crippen LogP contribution in [0.25, 0.3) is 5.69 Å². The Bertz CT molecular complexity index is 924. The Morgan fingerprint density at radius 2 is 1.89 bits per heavy atom. The SMILES string of the molecule is Cc1ccccc1-n1ncc(C(=O)N2CCN(Cc3ccsc3)CC2)c1C. The number of rotatable bonds is 4. The van der Waals surface area contributed by atoms with Gasteiger partial charge < -0.3 is 4.90 Å². The number of hydrogen-bond acceptors (Lipinski definition) is 4. The number of nitrogens with zero attached hydrogens (tertiary/aromatic N) is 4. The van der Waals surface area contributed by atoms with Gasteiger partial charge in [-0.2, -0.15) is 16.4 Å². The molecule has 2 aromatic heterocycles. The van der Waals surface area contributed by atoms with Crippen LogP contribution in [-0.2, 0) is 6.54 Å². The quantitative estimate of drug-likeness (QED) is 0.696. The standard InChI is InChI=1S/C21H24N4OS/c1-16-5-3-4-6-20(16)25-17(2)19(13-22-25)21(26)24-10-8-23(9-11-24)14-18-7-12-27-15-18/h3-7,12-13,15H,8-11,14H2,1-2H3. The molecule has 0 saturated carbocycles. The van der Waals surface area contributed by atoms with E-state index in [9.17, 15) is 4.79 Å². The molecule has 4 rings (SSSR count). The zero-order valence-electron chi connectivity index (χ0n) is 15.8. The Morgan fingerprint density at radius 1 is 1.11 bits per heavy atom. The van der Waals surface area contributed by atoms with Gasteiger partial charge in [-0.15, -0.1) is 0 Å². The van der Waals surface area contributed by atoms with Crippen molar-refractivity contribution in [1.82, 2.24) is 19.6 Å². The molecule has 5 nitrogen and oxygen atoms in total. The summed E-state index contributed by atoms with van der Waals surface area (Å²) in [5.41, 5.74) is 5.12. The lowest BCUT2D eigenvalue weighted by Crippen LogP contribution is -2.48. The molecule has 6 heteroatoms. The highest BCUT2D eigenvalue weighted by Gasteiger charge is 2.25. The van der Waals surface area contributed by atoms with Gasteiger partial charge in [0.2, 0.25) is 0 Å². The van der Waals surface area contributed by atoms with Crippen LogP contribution in [0.1, 0.15) is 27.2 Å². The van der Waals surface area contributed by atoms with E-state index in [-0.39, 0.29) is 5.91 Å². The second kappa shape index (κ2) is 7.66. The number of para-hydroxylation sites is 1. The lowest BCUT2D eigenvalue weighted by atomic mass is 10.1. The Balaban J connectivity index is 1.44. The van der Waals surface area contributed by atoms with Crippen LogP contribution < -0.4 is 0 Å². The second-order valence-corrected chi connectivity index (χ2v) is 7.82. The molecule has 1 aromatic carbocycles. The van der Waals surface area contributed by atoms with Crippen molar-refractivity contribution >= 4 is 17.2 Å².